The Morgan fingerprint density at radius 2 is 1.71 bits per heavy atom. The lowest BCUT2D eigenvalue weighted by Crippen LogP contribution is -2.17. The molecule has 0 radical (unpaired) electrons. The lowest BCUT2D eigenvalue weighted by molar-refractivity contribution is -0.274. The summed E-state index contributed by atoms with van der Waals surface area (Å²) in [6, 6.07) is 6.02. The zero-order valence-corrected chi connectivity index (χ0v) is 9.92. The van der Waals surface area contributed by atoms with Crippen LogP contribution < -0.4 is 4.74 Å². The van der Waals surface area contributed by atoms with Gasteiger partial charge in [-0.25, -0.2) is 0 Å². The first-order chi connectivity index (χ1) is 7.87. The normalized spacial score (nSPS) is 11.9. The first kappa shape index (κ1) is 13.8. The molecule has 2 nitrogen and oxygen atoms in total. The molecular weight excluding hydrogens is 231 g/mol. The summed E-state index contributed by atoms with van der Waals surface area (Å²) in [6.45, 7) is 0.959. The summed E-state index contributed by atoms with van der Waals surface area (Å²) in [5, 5.41) is 0. The highest BCUT2D eigenvalue weighted by Crippen LogP contribution is 2.22. The van der Waals surface area contributed by atoms with E-state index < -0.39 is 6.36 Å². The van der Waals surface area contributed by atoms with E-state index in [4.69, 9.17) is 0 Å². The minimum atomic E-state index is -4.62. The van der Waals surface area contributed by atoms with Crippen LogP contribution in [-0.4, -0.2) is 31.9 Å². The van der Waals surface area contributed by atoms with E-state index in [9.17, 15) is 13.2 Å². The highest BCUT2D eigenvalue weighted by Gasteiger charge is 2.30. The molecule has 96 valence electrons. The Hall–Kier alpha value is -1.23. The maximum atomic E-state index is 11.9. The standard InChI is InChI=1S/C12H16F3NO/c1-16(2)9-3-4-10-5-7-11(8-6-10)17-12(13,14)15/h5-8H,3-4,9H2,1-2H3. The van der Waals surface area contributed by atoms with Crippen LogP contribution in [0, 0.1) is 0 Å². The number of benzene rings is 1. The van der Waals surface area contributed by atoms with Gasteiger partial charge in [0.15, 0.2) is 0 Å². The molecule has 0 aromatic heterocycles. The summed E-state index contributed by atoms with van der Waals surface area (Å²) in [7, 11) is 3.97. The first-order valence-corrected chi connectivity index (χ1v) is 5.36. The van der Waals surface area contributed by atoms with Gasteiger partial charge in [-0.3, -0.25) is 0 Å². The van der Waals surface area contributed by atoms with E-state index in [1.807, 2.05) is 14.1 Å². The zero-order valence-electron chi connectivity index (χ0n) is 9.92. The van der Waals surface area contributed by atoms with Crippen LogP contribution >= 0.6 is 0 Å². The van der Waals surface area contributed by atoms with Crippen molar-refractivity contribution in [1.82, 2.24) is 4.90 Å². The molecule has 0 spiro atoms. The Morgan fingerprint density at radius 3 is 2.18 bits per heavy atom. The summed E-state index contributed by atoms with van der Waals surface area (Å²) in [4.78, 5) is 2.07. The zero-order chi connectivity index (χ0) is 12.9. The fraction of sp³-hybridized carbons (Fsp3) is 0.500. The average molecular weight is 247 g/mol. The minimum absolute atomic E-state index is 0.172. The quantitative estimate of drug-likeness (QED) is 0.792. The molecule has 1 aromatic carbocycles. The molecule has 5 heteroatoms. The van der Waals surface area contributed by atoms with E-state index in [1.54, 1.807) is 12.1 Å². The van der Waals surface area contributed by atoms with Crippen molar-refractivity contribution in [3.8, 4) is 5.75 Å². The average Bonchev–Trinajstić information content (AvgIpc) is 2.18. The topological polar surface area (TPSA) is 12.5 Å². The smallest absolute Gasteiger partial charge is 0.406 e. The number of halogens is 3. The van der Waals surface area contributed by atoms with Gasteiger partial charge >= 0.3 is 6.36 Å². The van der Waals surface area contributed by atoms with Crippen molar-refractivity contribution >= 4 is 0 Å². The summed E-state index contributed by atoms with van der Waals surface area (Å²) in [5.74, 6) is -0.172. The number of ether oxygens (including phenoxy) is 1. The van der Waals surface area contributed by atoms with E-state index in [0.29, 0.717) is 0 Å². The largest absolute Gasteiger partial charge is 0.573 e. The van der Waals surface area contributed by atoms with Gasteiger partial charge in [0.2, 0.25) is 0 Å². The molecule has 0 fully saturated rings. The SMILES string of the molecule is CN(C)CCCc1ccc(OC(F)(F)F)cc1. The van der Waals surface area contributed by atoms with E-state index in [2.05, 4.69) is 9.64 Å². The van der Waals surface area contributed by atoms with E-state index in [-0.39, 0.29) is 5.75 Å². The first-order valence-electron chi connectivity index (χ1n) is 5.36. The Bertz CT molecular complexity index is 333. The number of aryl methyl sites for hydroxylation is 1. The third-order valence-electron chi connectivity index (χ3n) is 2.23. The Labute approximate surface area is 99.0 Å². The monoisotopic (exact) mass is 247 g/mol. The van der Waals surface area contributed by atoms with Crippen molar-refractivity contribution in [3.63, 3.8) is 0 Å². The van der Waals surface area contributed by atoms with Crippen molar-refractivity contribution in [2.75, 3.05) is 20.6 Å². The van der Waals surface area contributed by atoms with E-state index in [0.717, 1.165) is 24.9 Å². The van der Waals surface area contributed by atoms with E-state index >= 15 is 0 Å². The molecule has 0 aliphatic rings. The molecule has 0 amide bonds. The number of alkyl halides is 3. The van der Waals surface area contributed by atoms with Crippen LogP contribution in [0.4, 0.5) is 13.2 Å². The van der Waals surface area contributed by atoms with Gasteiger partial charge < -0.3 is 9.64 Å². The molecule has 0 saturated heterocycles. The summed E-state index contributed by atoms with van der Waals surface area (Å²) < 4.78 is 39.5. The van der Waals surface area contributed by atoms with Crippen molar-refractivity contribution in [1.29, 1.82) is 0 Å². The van der Waals surface area contributed by atoms with Crippen LogP contribution in [-0.2, 0) is 6.42 Å². The number of hydrogen-bond donors (Lipinski definition) is 0. The minimum Gasteiger partial charge on any atom is -0.406 e. The van der Waals surface area contributed by atoms with Crippen molar-refractivity contribution in [2.24, 2.45) is 0 Å². The second kappa shape index (κ2) is 5.91. The third kappa shape index (κ3) is 6.16. The molecule has 17 heavy (non-hydrogen) atoms. The molecule has 0 atom stereocenters. The summed E-state index contributed by atoms with van der Waals surface area (Å²) in [5.41, 5.74) is 1.02. The van der Waals surface area contributed by atoms with Gasteiger partial charge in [-0.15, -0.1) is 13.2 Å². The molecule has 1 aromatic rings. The summed E-state index contributed by atoms with van der Waals surface area (Å²) >= 11 is 0. The number of rotatable bonds is 5. The van der Waals surface area contributed by atoms with Crippen LogP contribution in [0.2, 0.25) is 0 Å². The molecule has 0 aliphatic carbocycles. The van der Waals surface area contributed by atoms with Gasteiger partial charge in [0, 0.05) is 0 Å². The highest BCUT2D eigenvalue weighted by atomic mass is 19.4. The fourth-order valence-electron chi connectivity index (χ4n) is 1.46. The van der Waals surface area contributed by atoms with Crippen molar-refractivity contribution < 1.29 is 17.9 Å². The fourth-order valence-corrected chi connectivity index (χ4v) is 1.46. The van der Waals surface area contributed by atoms with Gasteiger partial charge in [0.25, 0.3) is 0 Å². The second-order valence-electron chi connectivity index (χ2n) is 4.10. The van der Waals surface area contributed by atoms with Crippen LogP contribution in [0.1, 0.15) is 12.0 Å². The number of nitrogens with zero attached hydrogens (tertiary/aromatic N) is 1. The van der Waals surface area contributed by atoms with Gasteiger partial charge in [-0.2, -0.15) is 0 Å². The molecule has 0 N–H and O–H groups in total. The molecule has 0 aliphatic heterocycles. The molecular formula is C12H16F3NO. The lowest BCUT2D eigenvalue weighted by atomic mass is 10.1. The Morgan fingerprint density at radius 1 is 1.12 bits per heavy atom. The molecule has 1 rings (SSSR count). The Kier molecular flexibility index (Phi) is 4.81. The predicted molar refractivity (Wildman–Crippen MR) is 60.0 cm³/mol. The van der Waals surface area contributed by atoms with Crippen LogP contribution in [0.3, 0.4) is 0 Å². The van der Waals surface area contributed by atoms with Gasteiger partial charge in [0.05, 0.1) is 0 Å². The van der Waals surface area contributed by atoms with Gasteiger partial charge in [-0.05, 0) is 51.2 Å². The van der Waals surface area contributed by atoms with Gasteiger partial charge in [0.1, 0.15) is 5.75 Å². The Balaban J connectivity index is 2.45. The molecule has 0 heterocycles. The molecule has 0 unspecified atom stereocenters. The lowest BCUT2D eigenvalue weighted by Gasteiger charge is -2.10. The third-order valence-corrected chi connectivity index (χ3v) is 2.23. The maximum Gasteiger partial charge on any atom is 0.573 e. The van der Waals surface area contributed by atoms with E-state index in [1.165, 1.54) is 12.1 Å². The maximum absolute atomic E-state index is 11.9. The summed E-state index contributed by atoms with van der Waals surface area (Å²) in [6.07, 6.45) is -2.79. The van der Waals surface area contributed by atoms with Gasteiger partial charge in [-0.1, -0.05) is 12.1 Å². The number of hydrogen-bond acceptors (Lipinski definition) is 2. The van der Waals surface area contributed by atoms with Crippen molar-refractivity contribution in [2.45, 2.75) is 19.2 Å². The van der Waals surface area contributed by atoms with Crippen LogP contribution in [0.5, 0.6) is 5.75 Å². The predicted octanol–water partition coefficient (Wildman–Crippen LogP) is 3.08. The van der Waals surface area contributed by atoms with Crippen molar-refractivity contribution in [3.05, 3.63) is 29.8 Å². The van der Waals surface area contributed by atoms with Crippen LogP contribution in [0.25, 0.3) is 0 Å². The second-order valence-corrected chi connectivity index (χ2v) is 4.10. The molecule has 0 saturated carbocycles. The molecule has 0 bridgehead atoms. The highest BCUT2D eigenvalue weighted by molar-refractivity contribution is 5.27. The van der Waals surface area contributed by atoms with Crippen LogP contribution in [0.15, 0.2) is 24.3 Å².